The predicted octanol–water partition coefficient (Wildman–Crippen LogP) is 3.84. The molecule has 0 aliphatic heterocycles. The SMILES string of the molecule is O=C(/C=C/CNC(=O)OCC1c2ccccc2-c2ccccc21)N[C@H]1CCCC[C@H]1C(=O)O. The topological polar surface area (TPSA) is 105 Å². The molecule has 3 N–H and O–H groups in total. The quantitative estimate of drug-likeness (QED) is 0.558. The average Bonchev–Trinajstić information content (AvgIpc) is 3.14. The highest BCUT2D eigenvalue weighted by Gasteiger charge is 2.31. The number of aliphatic carboxylic acids is 1. The Morgan fingerprint density at radius 1 is 0.970 bits per heavy atom. The maximum Gasteiger partial charge on any atom is 0.407 e. The average molecular weight is 449 g/mol. The van der Waals surface area contributed by atoms with Crippen molar-refractivity contribution in [3.05, 3.63) is 71.8 Å². The van der Waals surface area contributed by atoms with Gasteiger partial charge in [-0.15, -0.1) is 0 Å². The van der Waals surface area contributed by atoms with Crippen LogP contribution in [0.2, 0.25) is 0 Å². The molecule has 2 aliphatic carbocycles. The Morgan fingerprint density at radius 3 is 2.27 bits per heavy atom. The Balaban J connectivity index is 1.24. The minimum Gasteiger partial charge on any atom is -0.481 e. The van der Waals surface area contributed by atoms with Crippen molar-refractivity contribution in [1.29, 1.82) is 0 Å². The van der Waals surface area contributed by atoms with Crippen LogP contribution in [0.3, 0.4) is 0 Å². The van der Waals surface area contributed by atoms with E-state index < -0.39 is 18.0 Å². The number of rotatable bonds is 7. The fraction of sp³-hybridized carbons (Fsp3) is 0.346. The Hall–Kier alpha value is -3.61. The molecule has 7 heteroatoms. The molecule has 2 aromatic carbocycles. The first kappa shape index (κ1) is 22.6. The minimum absolute atomic E-state index is 0.0119. The third kappa shape index (κ3) is 5.25. The second-order valence-corrected chi connectivity index (χ2v) is 8.45. The summed E-state index contributed by atoms with van der Waals surface area (Å²) < 4.78 is 5.46. The Morgan fingerprint density at radius 2 is 1.61 bits per heavy atom. The van der Waals surface area contributed by atoms with Gasteiger partial charge in [-0.05, 0) is 35.1 Å². The summed E-state index contributed by atoms with van der Waals surface area (Å²) >= 11 is 0. The highest BCUT2D eigenvalue weighted by Crippen LogP contribution is 2.44. The summed E-state index contributed by atoms with van der Waals surface area (Å²) in [4.78, 5) is 35.6. The van der Waals surface area contributed by atoms with E-state index in [-0.39, 0.29) is 31.0 Å². The van der Waals surface area contributed by atoms with Gasteiger partial charge in [-0.3, -0.25) is 9.59 Å². The van der Waals surface area contributed by atoms with Crippen LogP contribution in [0, 0.1) is 5.92 Å². The van der Waals surface area contributed by atoms with Crippen LogP contribution in [-0.2, 0) is 14.3 Å². The van der Waals surface area contributed by atoms with E-state index in [0.717, 1.165) is 24.0 Å². The van der Waals surface area contributed by atoms with Crippen molar-refractivity contribution in [3.8, 4) is 11.1 Å². The molecule has 4 rings (SSSR count). The summed E-state index contributed by atoms with van der Waals surface area (Å²) in [6.07, 6.45) is 5.29. The van der Waals surface area contributed by atoms with E-state index in [1.165, 1.54) is 23.3 Å². The number of carbonyl (C=O) groups excluding carboxylic acids is 2. The number of alkyl carbamates (subject to hydrolysis) is 1. The molecule has 2 atom stereocenters. The smallest absolute Gasteiger partial charge is 0.407 e. The van der Waals surface area contributed by atoms with Gasteiger partial charge in [0.05, 0.1) is 5.92 Å². The number of carboxylic acid groups (broad SMARTS) is 1. The van der Waals surface area contributed by atoms with Crippen LogP contribution >= 0.6 is 0 Å². The number of amides is 2. The number of hydrogen-bond donors (Lipinski definition) is 3. The van der Waals surface area contributed by atoms with Crippen molar-refractivity contribution in [2.24, 2.45) is 5.92 Å². The van der Waals surface area contributed by atoms with Crippen LogP contribution in [0.15, 0.2) is 60.7 Å². The zero-order valence-corrected chi connectivity index (χ0v) is 18.3. The summed E-state index contributed by atoms with van der Waals surface area (Å²) in [5.74, 6) is -1.79. The molecule has 2 amide bonds. The predicted molar refractivity (Wildman–Crippen MR) is 124 cm³/mol. The van der Waals surface area contributed by atoms with Gasteiger partial charge in [-0.1, -0.05) is 67.4 Å². The fourth-order valence-electron chi connectivity index (χ4n) is 4.79. The molecule has 0 unspecified atom stereocenters. The molecular weight excluding hydrogens is 420 g/mol. The molecular formula is C26H28N2O5. The van der Waals surface area contributed by atoms with E-state index >= 15 is 0 Å². The lowest BCUT2D eigenvalue weighted by atomic mass is 9.84. The lowest BCUT2D eigenvalue weighted by Gasteiger charge is -2.28. The molecule has 0 heterocycles. The van der Waals surface area contributed by atoms with E-state index in [9.17, 15) is 19.5 Å². The lowest BCUT2D eigenvalue weighted by molar-refractivity contribution is -0.144. The zero-order valence-electron chi connectivity index (χ0n) is 18.3. The zero-order chi connectivity index (χ0) is 23.2. The Kier molecular flexibility index (Phi) is 7.07. The highest BCUT2D eigenvalue weighted by molar-refractivity contribution is 5.88. The number of benzene rings is 2. The number of carboxylic acids is 1. The monoisotopic (exact) mass is 448 g/mol. The molecule has 0 radical (unpaired) electrons. The molecule has 0 spiro atoms. The fourth-order valence-corrected chi connectivity index (χ4v) is 4.79. The van der Waals surface area contributed by atoms with Crippen LogP contribution in [0.25, 0.3) is 11.1 Å². The first-order chi connectivity index (χ1) is 16.0. The first-order valence-corrected chi connectivity index (χ1v) is 11.3. The summed E-state index contributed by atoms with van der Waals surface area (Å²) in [5, 5.41) is 14.7. The Bertz CT molecular complexity index is 1020. The van der Waals surface area contributed by atoms with E-state index in [1.807, 2.05) is 24.3 Å². The van der Waals surface area contributed by atoms with Crippen LogP contribution < -0.4 is 10.6 Å². The van der Waals surface area contributed by atoms with Gasteiger partial charge in [0, 0.05) is 24.6 Å². The summed E-state index contributed by atoms with van der Waals surface area (Å²) in [5.41, 5.74) is 4.62. The molecule has 33 heavy (non-hydrogen) atoms. The summed E-state index contributed by atoms with van der Waals surface area (Å²) in [6.45, 7) is 0.361. The number of carbonyl (C=O) groups is 3. The van der Waals surface area contributed by atoms with Gasteiger partial charge in [0.15, 0.2) is 0 Å². The molecule has 0 bridgehead atoms. The van der Waals surface area contributed by atoms with E-state index in [0.29, 0.717) is 12.8 Å². The molecule has 0 aromatic heterocycles. The molecule has 2 aliphatic rings. The van der Waals surface area contributed by atoms with Crippen molar-refractivity contribution in [2.45, 2.75) is 37.6 Å². The van der Waals surface area contributed by atoms with E-state index in [2.05, 4.69) is 34.9 Å². The molecule has 0 saturated heterocycles. The lowest BCUT2D eigenvalue weighted by Crippen LogP contribution is -2.44. The third-order valence-corrected chi connectivity index (χ3v) is 6.39. The highest BCUT2D eigenvalue weighted by atomic mass is 16.5. The number of nitrogens with one attached hydrogen (secondary N) is 2. The minimum atomic E-state index is -0.874. The molecule has 1 fully saturated rings. The summed E-state index contributed by atoms with van der Waals surface area (Å²) in [6, 6.07) is 15.9. The van der Waals surface area contributed by atoms with Gasteiger partial charge < -0.3 is 20.5 Å². The normalized spacial score (nSPS) is 19.5. The summed E-state index contributed by atoms with van der Waals surface area (Å²) in [7, 11) is 0. The number of hydrogen-bond acceptors (Lipinski definition) is 4. The van der Waals surface area contributed by atoms with Crippen LogP contribution in [-0.4, -0.2) is 42.3 Å². The number of fused-ring (bicyclic) bond motifs is 3. The number of ether oxygens (including phenoxy) is 1. The van der Waals surface area contributed by atoms with Crippen LogP contribution in [0.5, 0.6) is 0 Å². The van der Waals surface area contributed by atoms with Gasteiger partial charge in [0.25, 0.3) is 0 Å². The second-order valence-electron chi connectivity index (χ2n) is 8.45. The third-order valence-electron chi connectivity index (χ3n) is 6.39. The molecule has 2 aromatic rings. The largest absolute Gasteiger partial charge is 0.481 e. The van der Waals surface area contributed by atoms with Crippen molar-refractivity contribution in [1.82, 2.24) is 10.6 Å². The Labute approximate surface area is 192 Å². The van der Waals surface area contributed by atoms with Gasteiger partial charge in [0.2, 0.25) is 5.91 Å². The van der Waals surface area contributed by atoms with Crippen LogP contribution in [0.4, 0.5) is 4.79 Å². The molecule has 172 valence electrons. The van der Waals surface area contributed by atoms with E-state index in [4.69, 9.17) is 4.74 Å². The van der Waals surface area contributed by atoms with E-state index in [1.54, 1.807) is 0 Å². The maximum atomic E-state index is 12.2. The van der Waals surface area contributed by atoms with Gasteiger partial charge >= 0.3 is 12.1 Å². The maximum absolute atomic E-state index is 12.2. The van der Waals surface area contributed by atoms with Crippen molar-refractivity contribution < 1.29 is 24.2 Å². The standard InChI is InChI=1S/C26H28N2O5/c29-24(28-23-13-6-5-12-21(23)25(30)31)14-7-15-27-26(32)33-16-22-19-10-3-1-8-17(19)18-9-2-4-11-20(18)22/h1-4,7-11,14,21-23H,5-6,12-13,15-16H2,(H,27,32)(H,28,29)(H,30,31)/b14-7+/t21-,23+/m1/s1. The van der Waals surface area contributed by atoms with Crippen molar-refractivity contribution >= 4 is 18.0 Å². The molecule has 7 nitrogen and oxygen atoms in total. The first-order valence-electron chi connectivity index (χ1n) is 11.3. The van der Waals surface area contributed by atoms with Crippen molar-refractivity contribution in [3.63, 3.8) is 0 Å². The second kappa shape index (κ2) is 10.3. The van der Waals surface area contributed by atoms with Gasteiger partial charge in [0.1, 0.15) is 6.61 Å². The van der Waals surface area contributed by atoms with Crippen molar-refractivity contribution in [2.75, 3.05) is 13.2 Å². The van der Waals surface area contributed by atoms with Crippen LogP contribution in [0.1, 0.15) is 42.7 Å². The molecule has 1 saturated carbocycles. The van der Waals surface area contributed by atoms with Gasteiger partial charge in [-0.25, -0.2) is 4.79 Å². The van der Waals surface area contributed by atoms with Gasteiger partial charge in [-0.2, -0.15) is 0 Å².